The van der Waals surface area contributed by atoms with E-state index in [2.05, 4.69) is 17.3 Å². The summed E-state index contributed by atoms with van der Waals surface area (Å²) >= 11 is 6.33. The smallest absolute Gasteiger partial charge is 0.251 e. The Morgan fingerprint density at radius 3 is 2.55 bits per heavy atom. The molecule has 0 bridgehead atoms. The van der Waals surface area contributed by atoms with Crippen LogP contribution in [0.1, 0.15) is 42.5 Å². The van der Waals surface area contributed by atoms with Crippen LogP contribution in [-0.2, 0) is 10.0 Å². The fourth-order valence-electron chi connectivity index (χ4n) is 4.00. The molecule has 1 amide bonds. The number of benzene rings is 1. The average Bonchev–Trinajstić information content (AvgIpc) is 3.08. The van der Waals surface area contributed by atoms with Gasteiger partial charge in [-0.15, -0.1) is 0 Å². The molecule has 2 fully saturated rings. The molecular weight excluding hydrogens is 414 g/mol. The molecule has 1 atom stereocenters. The van der Waals surface area contributed by atoms with Crippen LogP contribution in [0, 0.1) is 0 Å². The molecule has 9 heteroatoms. The molecular formula is C20H30ClN3O4S. The first kappa shape index (κ1) is 22.3. The number of hydrogen-bond acceptors (Lipinski definition) is 5. The quantitative estimate of drug-likeness (QED) is 0.699. The first-order valence-corrected chi connectivity index (χ1v) is 12.4. The number of piperidine rings is 1. The van der Waals surface area contributed by atoms with Gasteiger partial charge in [0.05, 0.1) is 11.3 Å². The van der Waals surface area contributed by atoms with E-state index in [4.69, 9.17) is 16.3 Å². The number of nitrogens with zero attached hydrogens (tertiary/aromatic N) is 2. The molecule has 2 aliphatic rings. The SMILES string of the molecule is CN1CCC[C@@H]1CCNC(=O)c1ccc(OC2CCN(S(C)(=O)=O)CC2)c(Cl)c1. The molecule has 1 aromatic carbocycles. The second-order valence-corrected chi connectivity index (χ2v) is 10.3. The number of carbonyl (C=O) groups excluding carboxylic acids is 1. The third-order valence-electron chi connectivity index (χ3n) is 5.79. The number of rotatable bonds is 7. The largest absolute Gasteiger partial charge is 0.489 e. The van der Waals surface area contributed by atoms with Crippen LogP contribution < -0.4 is 10.1 Å². The lowest BCUT2D eigenvalue weighted by Crippen LogP contribution is -2.41. The van der Waals surface area contributed by atoms with E-state index in [0.717, 1.165) is 13.0 Å². The molecule has 0 spiro atoms. The number of nitrogens with one attached hydrogen (secondary N) is 1. The van der Waals surface area contributed by atoms with Gasteiger partial charge in [-0.05, 0) is 63.9 Å². The summed E-state index contributed by atoms with van der Waals surface area (Å²) in [6.45, 7) is 2.65. The van der Waals surface area contributed by atoms with Gasteiger partial charge in [0.1, 0.15) is 11.9 Å². The van der Waals surface area contributed by atoms with Crippen molar-refractivity contribution in [3.05, 3.63) is 28.8 Å². The van der Waals surface area contributed by atoms with Gasteiger partial charge in [-0.2, -0.15) is 0 Å². The zero-order chi connectivity index (χ0) is 21.0. The van der Waals surface area contributed by atoms with Crippen LogP contribution >= 0.6 is 11.6 Å². The van der Waals surface area contributed by atoms with Crippen molar-refractivity contribution >= 4 is 27.5 Å². The molecule has 29 heavy (non-hydrogen) atoms. The van der Waals surface area contributed by atoms with Crippen molar-refractivity contribution in [3.8, 4) is 5.75 Å². The van der Waals surface area contributed by atoms with Gasteiger partial charge in [-0.25, -0.2) is 12.7 Å². The number of sulfonamides is 1. The Hall–Kier alpha value is -1.35. The van der Waals surface area contributed by atoms with Crippen LogP contribution in [0.4, 0.5) is 0 Å². The Morgan fingerprint density at radius 2 is 1.97 bits per heavy atom. The van der Waals surface area contributed by atoms with Gasteiger partial charge in [0.25, 0.3) is 5.91 Å². The Balaban J connectivity index is 1.49. The normalized spacial score (nSPS) is 22.0. The van der Waals surface area contributed by atoms with Crippen molar-refractivity contribution in [2.45, 2.75) is 44.2 Å². The summed E-state index contributed by atoms with van der Waals surface area (Å²) < 4.78 is 30.6. The van der Waals surface area contributed by atoms with Crippen molar-refractivity contribution in [1.82, 2.24) is 14.5 Å². The fourth-order valence-corrected chi connectivity index (χ4v) is 5.10. The highest BCUT2D eigenvalue weighted by Crippen LogP contribution is 2.29. The van der Waals surface area contributed by atoms with Crippen molar-refractivity contribution in [2.75, 3.05) is 39.5 Å². The minimum absolute atomic E-state index is 0.0893. The molecule has 2 heterocycles. The van der Waals surface area contributed by atoms with Crippen LogP contribution in [0.25, 0.3) is 0 Å². The molecule has 2 aliphatic heterocycles. The van der Waals surface area contributed by atoms with E-state index in [0.29, 0.717) is 54.9 Å². The summed E-state index contributed by atoms with van der Waals surface area (Å²) in [5, 5.41) is 3.35. The minimum atomic E-state index is -3.16. The molecule has 3 rings (SSSR count). The summed E-state index contributed by atoms with van der Waals surface area (Å²) in [6, 6.07) is 5.60. The van der Waals surface area contributed by atoms with E-state index in [1.165, 1.54) is 23.4 Å². The Morgan fingerprint density at radius 1 is 1.24 bits per heavy atom. The van der Waals surface area contributed by atoms with Gasteiger partial charge in [0.2, 0.25) is 10.0 Å². The molecule has 7 nitrogen and oxygen atoms in total. The number of hydrogen-bond donors (Lipinski definition) is 1. The predicted octanol–water partition coefficient (Wildman–Crippen LogP) is 2.36. The van der Waals surface area contributed by atoms with Crippen LogP contribution in [-0.4, -0.2) is 75.2 Å². The van der Waals surface area contributed by atoms with Crippen LogP contribution in [0.15, 0.2) is 18.2 Å². The molecule has 0 unspecified atom stereocenters. The summed E-state index contributed by atoms with van der Waals surface area (Å²) in [7, 11) is -1.03. The highest BCUT2D eigenvalue weighted by molar-refractivity contribution is 7.88. The topological polar surface area (TPSA) is 79.0 Å². The highest BCUT2D eigenvalue weighted by atomic mass is 35.5. The van der Waals surface area contributed by atoms with Crippen molar-refractivity contribution in [1.29, 1.82) is 0 Å². The minimum Gasteiger partial charge on any atom is -0.489 e. The van der Waals surface area contributed by atoms with Gasteiger partial charge >= 0.3 is 0 Å². The zero-order valence-electron chi connectivity index (χ0n) is 17.1. The summed E-state index contributed by atoms with van der Waals surface area (Å²) in [4.78, 5) is 14.7. The Kier molecular flexibility index (Phi) is 7.42. The van der Waals surface area contributed by atoms with Crippen LogP contribution in [0.3, 0.4) is 0 Å². The molecule has 0 saturated carbocycles. The van der Waals surface area contributed by atoms with Gasteiger partial charge in [0, 0.05) is 31.2 Å². The molecule has 0 radical (unpaired) electrons. The molecule has 1 N–H and O–H groups in total. The van der Waals surface area contributed by atoms with E-state index in [1.807, 2.05) is 0 Å². The standard InChI is InChI=1S/C20H30ClN3O4S/c1-23-11-3-4-16(23)7-10-22-20(25)15-5-6-19(18(21)14-15)28-17-8-12-24(13-9-17)29(2,26)27/h5-6,14,16-17H,3-4,7-13H2,1-2H3,(H,22,25)/t16-/m1/s1. The highest BCUT2D eigenvalue weighted by Gasteiger charge is 2.26. The lowest BCUT2D eigenvalue weighted by atomic mass is 10.1. The second-order valence-electron chi connectivity index (χ2n) is 7.95. The lowest BCUT2D eigenvalue weighted by molar-refractivity contribution is 0.0950. The predicted molar refractivity (Wildman–Crippen MR) is 114 cm³/mol. The first-order valence-electron chi connectivity index (χ1n) is 10.1. The summed E-state index contributed by atoms with van der Waals surface area (Å²) in [6.07, 6.45) is 5.72. The van der Waals surface area contributed by atoms with Gasteiger partial charge in [0.15, 0.2) is 0 Å². The summed E-state index contributed by atoms with van der Waals surface area (Å²) in [5.74, 6) is 0.383. The van der Waals surface area contributed by atoms with E-state index in [1.54, 1.807) is 18.2 Å². The van der Waals surface area contributed by atoms with E-state index >= 15 is 0 Å². The molecule has 0 aliphatic carbocycles. The molecule has 1 aromatic rings. The third kappa shape index (κ3) is 6.07. The van der Waals surface area contributed by atoms with E-state index in [9.17, 15) is 13.2 Å². The van der Waals surface area contributed by atoms with Crippen LogP contribution in [0.5, 0.6) is 5.75 Å². The number of carbonyl (C=O) groups is 1. The fraction of sp³-hybridized carbons (Fsp3) is 0.650. The summed E-state index contributed by atoms with van der Waals surface area (Å²) in [5.41, 5.74) is 0.508. The third-order valence-corrected chi connectivity index (χ3v) is 7.39. The molecule has 162 valence electrons. The van der Waals surface area contributed by atoms with Crippen molar-refractivity contribution in [3.63, 3.8) is 0 Å². The molecule has 2 saturated heterocycles. The Bertz CT molecular complexity index is 825. The number of amides is 1. The van der Waals surface area contributed by atoms with Gasteiger partial charge < -0.3 is 15.0 Å². The number of halogens is 1. The maximum absolute atomic E-state index is 12.4. The van der Waals surface area contributed by atoms with E-state index in [-0.39, 0.29) is 12.0 Å². The average molecular weight is 444 g/mol. The number of ether oxygens (including phenoxy) is 1. The van der Waals surface area contributed by atoms with Crippen LogP contribution in [0.2, 0.25) is 5.02 Å². The second kappa shape index (κ2) is 9.64. The Labute approximate surface area is 178 Å². The first-order chi connectivity index (χ1) is 13.7. The number of likely N-dealkylation sites (tertiary alicyclic amines) is 1. The zero-order valence-corrected chi connectivity index (χ0v) is 18.6. The molecule has 0 aromatic heterocycles. The maximum atomic E-state index is 12.4. The monoisotopic (exact) mass is 443 g/mol. The van der Waals surface area contributed by atoms with Crippen molar-refractivity contribution in [2.24, 2.45) is 0 Å². The van der Waals surface area contributed by atoms with E-state index < -0.39 is 10.0 Å². The van der Waals surface area contributed by atoms with Gasteiger partial charge in [-0.1, -0.05) is 11.6 Å². The maximum Gasteiger partial charge on any atom is 0.251 e. The van der Waals surface area contributed by atoms with Gasteiger partial charge in [-0.3, -0.25) is 4.79 Å². The lowest BCUT2D eigenvalue weighted by Gasteiger charge is -2.30. The van der Waals surface area contributed by atoms with Crippen molar-refractivity contribution < 1.29 is 17.9 Å².